The molecule has 0 saturated heterocycles. The van der Waals surface area contributed by atoms with Crippen LogP contribution in [0.15, 0.2) is 12.1 Å². The lowest BCUT2D eigenvalue weighted by atomic mass is 9.92. The zero-order chi connectivity index (χ0) is 11.9. The fourth-order valence-electron chi connectivity index (χ4n) is 1.92. The van der Waals surface area contributed by atoms with Crippen LogP contribution < -0.4 is 0 Å². The Morgan fingerprint density at radius 2 is 2.12 bits per heavy atom. The lowest BCUT2D eigenvalue weighted by Crippen LogP contribution is -2.14. The van der Waals surface area contributed by atoms with Gasteiger partial charge in [0, 0.05) is 11.5 Å². The maximum absolute atomic E-state index is 13.6. The van der Waals surface area contributed by atoms with Gasteiger partial charge in [-0.1, -0.05) is 11.6 Å². The molecule has 1 aliphatic rings. The molecule has 3 nitrogen and oxygen atoms in total. The molecule has 2 rings (SSSR count). The van der Waals surface area contributed by atoms with E-state index in [1.54, 1.807) is 0 Å². The van der Waals surface area contributed by atoms with Gasteiger partial charge in [0.2, 0.25) is 0 Å². The zero-order valence-electron chi connectivity index (χ0n) is 8.33. The van der Waals surface area contributed by atoms with Crippen LogP contribution >= 0.6 is 11.6 Å². The fourth-order valence-corrected chi connectivity index (χ4v) is 2.09. The molecule has 1 aliphatic carbocycles. The van der Waals surface area contributed by atoms with Crippen LogP contribution in [-0.2, 0) is 10.2 Å². The number of hydrogen-bond donors (Lipinski definition) is 2. The Morgan fingerprint density at radius 1 is 1.50 bits per heavy atom. The number of halogens is 2. The lowest BCUT2D eigenvalue weighted by Gasteiger charge is -2.14. The Hall–Kier alpha value is -1.29. The molecule has 1 aromatic carbocycles. The van der Waals surface area contributed by atoms with Gasteiger partial charge in [-0.25, -0.2) is 4.39 Å². The molecule has 0 heterocycles. The second-order valence-electron chi connectivity index (χ2n) is 4.13. The van der Waals surface area contributed by atoms with E-state index >= 15 is 0 Å². The standard InChI is InChI=1S/C11H10ClFO3/c12-7-3-6(8(13)4-9(7)14)11(1-2-11)5-10(15)16/h3-4,14H,1-2,5H2,(H,15,16). The molecule has 86 valence electrons. The van der Waals surface area contributed by atoms with E-state index in [9.17, 15) is 14.3 Å². The number of phenols is 1. The van der Waals surface area contributed by atoms with Gasteiger partial charge in [0.1, 0.15) is 11.6 Å². The van der Waals surface area contributed by atoms with E-state index in [-0.39, 0.29) is 22.8 Å². The summed E-state index contributed by atoms with van der Waals surface area (Å²) in [5.41, 5.74) is -0.342. The maximum atomic E-state index is 13.6. The highest BCUT2D eigenvalue weighted by atomic mass is 35.5. The number of rotatable bonds is 3. The first kappa shape index (κ1) is 11.2. The van der Waals surface area contributed by atoms with Crippen LogP contribution in [0.5, 0.6) is 5.75 Å². The average Bonchev–Trinajstić information content (AvgIpc) is 2.91. The molecule has 5 heteroatoms. The molecule has 0 radical (unpaired) electrons. The smallest absolute Gasteiger partial charge is 0.304 e. The van der Waals surface area contributed by atoms with Crippen molar-refractivity contribution in [1.82, 2.24) is 0 Å². The van der Waals surface area contributed by atoms with E-state index < -0.39 is 17.2 Å². The minimum Gasteiger partial charge on any atom is -0.506 e. The van der Waals surface area contributed by atoms with Gasteiger partial charge in [-0.15, -0.1) is 0 Å². The molecule has 0 aliphatic heterocycles. The second-order valence-corrected chi connectivity index (χ2v) is 4.54. The van der Waals surface area contributed by atoms with Crippen LogP contribution in [-0.4, -0.2) is 16.2 Å². The van der Waals surface area contributed by atoms with Crippen LogP contribution in [0.4, 0.5) is 4.39 Å². The van der Waals surface area contributed by atoms with Crippen LogP contribution in [0.2, 0.25) is 5.02 Å². The van der Waals surface area contributed by atoms with E-state index in [1.807, 2.05) is 0 Å². The van der Waals surface area contributed by atoms with E-state index in [0.717, 1.165) is 6.07 Å². The van der Waals surface area contributed by atoms with E-state index in [0.29, 0.717) is 12.8 Å². The lowest BCUT2D eigenvalue weighted by molar-refractivity contribution is -0.137. The van der Waals surface area contributed by atoms with Crippen LogP contribution in [0.25, 0.3) is 0 Å². The van der Waals surface area contributed by atoms with Gasteiger partial charge in [0.05, 0.1) is 11.4 Å². The summed E-state index contributed by atoms with van der Waals surface area (Å²) in [6, 6.07) is 2.25. The Bertz CT molecular complexity index is 455. The molecule has 2 N–H and O–H groups in total. The van der Waals surface area contributed by atoms with Gasteiger partial charge in [0.25, 0.3) is 0 Å². The van der Waals surface area contributed by atoms with Gasteiger partial charge in [-0.3, -0.25) is 4.79 Å². The SMILES string of the molecule is O=C(O)CC1(c2cc(Cl)c(O)cc2F)CC1. The number of carboxylic acids is 1. The predicted octanol–water partition coefficient (Wildman–Crippen LogP) is 2.69. The summed E-state index contributed by atoms with van der Waals surface area (Å²) in [6.07, 6.45) is 1.17. The minimum atomic E-state index is -0.957. The van der Waals surface area contributed by atoms with Crippen molar-refractivity contribution in [3.05, 3.63) is 28.5 Å². The Kier molecular flexibility index (Phi) is 2.54. The van der Waals surface area contributed by atoms with Crippen molar-refractivity contribution in [2.45, 2.75) is 24.7 Å². The highest BCUT2D eigenvalue weighted by Gasteiger charge is 2.47. The van der Waals surface area contributed by atoms with Crippen molar-refractivity contribution in [2.75, 3.05) is 0 Å². The molecular weight excluding hydrogens is 235 g/mol. The van der Waals surface area contributed by atoms with Gasteiger partial charge >= 0.3 is 5.97 Å². The number of hydrogen-bond acceptors (Lipinski definition) is 2. The zero-order valence-corrected chi connectivity index (χ0v) is 9.09. The number of carboxylic acid groups (broad SMARTS) is 1. The molecule has 16 heavy (non-hydrogen) atoms. The van der Waals surface area contributed by atoms with Crippen molar-refractivity contribution in [3.63, 3.8) is 0 Å². The van der Waals surface area contributed by atoms with Gasteiger partial charge in [-0.05, 0) is 24.5 Å². The maximum Gasteiger partial charge on any atom is 0.304 e. The molecule has 1 saturated carbocycles. The molecule has 0 spiro atoms. The minimum absolute atomic E-state index is 0.0491. The normalized spacial score (nSPS) is 17.1. The van der Waals surface area contributed by atoms with Crippen molar-refractivity contribution < 1.29 is 19.4 Å². The van der Waals surface area contributed by atoms with E-state index in [1.165, 1.54) is 6.07 Å². The summed E-state index contributed by atoms with van der Waals surface area (Å²) >= 11 is 5.69. The van der Waals surface area contributed by atoms with Crippen LogP contribution in [0, 0.1) is 5.82 Å². The predicted molar refractivity (Wildman–Crippen MR) is 56.2 cm³/mol. The molecule has 0 atom stereocenters. The molecule has 0 amide bonds. The first-order valence-electron chi connectivity index (χ1n) is 4.85. The topological polar surface area (TPSA) is 57.5 Å². The third-order valence-corrected chi connectivity index (χ3v) is 3.25. The van der Waals surface area contributed by atoms with Gasteiger partial charge in [-0.2, -0.15) is 0 Å². The highest BCUT2D eigenvalue weighted by Crippen LogP contribution is 2.52. The number of aliphatic carboxylic acids is 1. The summed E-state index contributed by atoms with van der Waals surface area (Å²) in [6.45, 7) is 0. The fraction of sp³-hybridized carbons (Fsp3) is 0.364. The van der Waals surface area contributed by atoms with E-state index in [2.05, 4.69) is 0 Å². The molecule has 1 fully saturated rings. The quantitative estimate of drug-likeness (QED) is 0.860. The first-order valence-corrected chi connectivity index (χ1v) is 5.23. The third kappa shape index (κ3) is 1.85. The van der Waals surface area contributed by atoms with E-state index in [4.69, 9.17) is 16.7 Å². The van der Waals surface area contributed by atoms with Crippen molar-refractivity contribution in [3.8, 4) is 5.75 Å². The summed E-state index contributed by atoms with van der Waals surface area (Å²) in [7, 11) is 0. The Labute approximate surface area is 96.5 Å². The number of aromatic hydroxyl groups is 1. The van der Waals surface area contributed by atoms with Crippen molar-refractivity contribution in [1.29, 1.82) is 0 Å². The largest absolute Gasteiger partial charge is 0.506 e. The highest BCUT2D eigenvalue weighted by molar-refractivity contribution is 6.32. The van der Waals surface area contributed by atoms with Crippen molar-refractivity contribution in [2.24, 2.45) is 0 Å². The van der Waals surface area contributed by atoms with Crippen LogP contribution in [0.1, 0.15) is 24.8 Å². The number of carbonyl (C=O) groups is 1. The molecule has 0 bridgehead atoms. The molecule has 1 aromatic rings. The average molecular weight is 245 g/mol. The Morgan fingerprint density at radius 3 is 2.62 bits per heavy atom. The van der Waals surface area contributed by atoms with Gasteiger partial charge < -0.3 is 10.2 Å². The number of benzene rings is 1. The molecule has 0 unspecified atom stereocenters. The summed E-state index contributed by atoms with van der Waals surface area (Å²) in [5.74, 6) is -1.88. The van der Waals surface area contributed by atoms with Crippen LogP contribution in [0.3, 0.4) is 0 Å². The monoisotopic (exact) mass is 244 g/mol. The third-order valence-electron chi connectivity index (χ3n) is 2.95. The summed E-state index contributed by atoms with van der Waals surface area (Å²) in [4.78, 5) is 10.7. The second kappa shape index (κ2) is 3.63. The molecular formula is C11H10ClFO3. The molecule has 0 aromatic heterocycles. The summed E-state index contributed by atoms with van der Waals surface area (Å²) < 4.78 is 13.6. The number of phenolic OH excluding ortho intramolecular Hbond substituents is 1. The Balaban J connectivity index is 2.41. The summed E-state index contributed by atoms with van der Waals surface area (Å²) in [5, 5.41) is 18.0. The first-order chi connectivity index (χ1) is 7.44. The van der Waals surface area contributed by atoms with Gasteiger partial charge in [0.15, 0.2) is 0 Å². The van der Waals surface area contributed by atoms with Crippen molar-refractivity contribution >= 4 is 17.6 Å².